The van der Waals surface area contributed by atoms with Gasteiger partial charge in [-0.2, -0.15) is 0 Å². The molecule has 0 aliphatic heterocycles. The average molecular weight is 492 g/mol. The Morgan fingerprint density at radius 3 is 2.22 bits per heavy atom. The van der Waals surface area contributed by atoms with Gasteiger partial charge in [0, 0.05) is 24.1 Å². The normalized spacial score (nSPS) is 12.9. The van der Waals surface area contributed by atoms with Crippen molar-refractivity contribution >= 4 is 34.2 Å². The van der Waals surface area contributed by atoms with E-state index in [1.54, 1.807) is 32.9 Å². The molecule has 0 spiro atoms. The van der Waals surface area contributed by atoms with E-state index >= 15 is 0 Å². The van der Waals surface area contributed by atoms with Crippen LogP contribution in [0.2, 0.25) is 0 Å². The Balaban J connectivity index is 1.84. The largest absolute Gasteiger partial charge is 0.458 e. The maximum atomic E-state index is 13.2. The van der Waals surface area contributed by atoms with E-state index in [4.69, 9.17) is 4.74 Å². The van der Waals surface area contributed by atoms with Gasteiger partial charge in [-0.05, 0) is 50.1 Å². The highest BCUT2D eigenvalue weighted by Crippen LogP contribution is 2.19. The number of non-ortho nitro benzene ring substituents is 1. The zero-order valence-electron chi connectivity index (χ0n) is 20.6. The number of nitrogens with zero attached hydrogens (tertiary/aromatic N) is 1. The highest BCUT2D eigenvalue weighted by atomic mass is 16.6. The maximum Gasteiger partial charge on any atom is 0.328 e. The molecule has 0 aromatic heterocycles. The molecule has 36 heavy (non-hydrogen) atoms. The summed E-state index contributed by atoms with van der Waals surface area (Å²) in [6.45, 7) is 6.67. The lowest BCUT2D eigenvalue weighted by molar-refractivity contribution is -0.384. The number of fused-ring (bicyclic) bond motifs is 1. The fourth-order valence-corrected chi connectivity index (χ4v) is 3.62. The molecule has 3 rings (SSSR count). The Hall–Kier alpha value is -4.27. The lowest BCUT2D eigenvalue weighted by Gasteiger charge is -2.24. The minimum absolute atomic E-state index is 0.0569. The number of hydrogen-bond donors (Lipinski definition) is 2. The average Bonchev–Trinajstić information content (AvgIpc) is 2.82. The summed E-state index contributed by atoms with van der Waals surface area (Å²) in [5, 5.41) is 18.0. The first-order valence-corrected chi connectivity index (χ1v) is 11.5. The van der Waals surface area contributed by atoms with Gasteiger partial charge in [-0.3, -0.25) is 19.7 Å². The van der Waals surface area contributed by atoms with Crippen LogP contribution in [0.3, 0.4) is 0 Å². The van der Waals surface area contributed by atoms with Crippen LogP contribution in [-0.2, 0) is 20.7 Å². The lowest BCUT2D eigenvalue weighted by Crippen LogP contribution is -2.52. The van der Waals surface area contributed by atoms with E-state index in [1.807, 2.05) is 30.3 Å². The zero-order chi connectivity index (χ0) is 26.5. The van der Waals surface area contributed by atoms with Gasteiger partial charge in [-0.1, -0.05) is 48.5 Å². The number of nitrogens with one attached hydrogen (secondary N) is 2. The summed E-state index contributed by atoms with van der Waals surface area (Å²) in [5.74, 6) is -1.65. The molecule has 0 aliphatic rings. The minimum atomic E-state index is -1.05. The van der Waals surface area contributed by atoms with Crippen molar-refractivity contribution in [3.8, 4) is 0 Å². The molecule has 0 fully saturated rings. The van der Waals surface area contributed by atoms with Crippen LogP contribution in [0.5, 0.6) is 0 Å². The third-order valence-corrected chi connectivity index (χ3v) is 5.36. The molecular weight excluding hydrogens is 462 g/mol. The van der Waals surface area contributed by atoms with E-state index in [1.165, 1.54) is 31.2 Å². The van der Waals surface area contributed by atoms with E-state index in [9.17, 15) is 24.5 Å². The van der Waals surface area contributed by atoms with Crippen LogP contribution in [0.25, 0.3) is 10.8 Å². The number of rotatable bonds is 8. The number of nitro benzene ring substituents is 1. The van der Waals surface area contributed by atoms with Crippen molar-refractivity contribution in [3.05, 3.63) is 88.0 Å². The summed E-state index contributed by atoms with van der Waals surface area (Å²) in [6.07, 6.45) is 0.0569. The van der Waals surface area contributed by atoms with Crippen molar-refractivity contribution in [1.29, 1.82) is 0 Å². The fraction of sp³-hybridized carbons (Fsp3) is 0.296. The zero-order valence-corrected chi connectivity index (χ0v) is 20.6. The van der Waals surface area contributed by atoms with E-state index < -0.39 is 40.4 Å². The van der Waals surface area contributed by atoms with Gasteiger partial charge >= 0.3 is 5.97 Å². The van der Waals surface area contributed by atoms with Crippen LogP contribution in [0.1, 0.15) is 43.6 Å². The standard InChI is InChI=1S/C27H29N3O6/c1-17(26(33)36-27(2,3)4)28-25(32)23(16-18-12-14-20(15-13-18)30(34)35)29-24(31)22-11-7-9-19-8-5-6-10-21(19)22/h5-15,17,23H,16H2,1-4H3,(H,28,32)(H,29,31)/t17-,23-/m0/s1. The number of carbonyl (C=O) groups excluding carboxylic acids is 3. The molecule has 2 amide bonds. The minimum Gasteiger partial charge on any atom is -0.458 e. The molecule has 0 saturated carbocycles. The van der Waals surface area contributed by atoms with Gasteiger partial charge in [0.1, 0.15) is 17.7 Å². The molecule has 9 nitrogen and oxygen atoms in total. The predicted molar refractivity (Wildman–Crippen MR) is 135 cm³/mol. The van der Waals surface area contributed by atoms with Crippen molar-refractivity contribution in [1.82, 2.24) is 10.6 Å². The third-order valence-electron chi connectivity index (χ3n) is 5.36. The van der Waals surface area contributed by atoms with Gasteiger partial charge < -0.3 is 15.4 Å². The molecule has 2 atom stereocenters. The number of nitro groups is 1. The number of ether oxygens (including phenoxy) is 1. The lowest BCUT2D eigenvalue weighted by atomic mass is 10.0. The Morgan fingerprint density at radius 1 is 0.944 bits per heavy atom. The molecule has 0 bridgehead atoms. The van der Waals surface area contributed by atoms with Crippen LogP contribution in [-0.4, -0.2) is 40.4 Å². The van der Waals surface area contributed by atoms with E-state index in [0.29, 0.717) is 11.1 Å². The molecular formula is C27H29N3O6. The van der Waals surface area contributed by atoms with Crippen molar-refractivity contribution in [2.24, 2.45) is 0 Å². The van der Waals surface area contributed by atoms with Gasteiger partial charge in [-0.25, -0.2) is 4.79 Å². The first kappa shape index (κ1) is 26.3. The SMILES string of the molecule is C[C@H](NC(=O)[C@H](Cc1ccc([N+](=O)[O-])cc1)NC(=O)c1cccc2ccccc12)C(=O)OC(C)(C)C. The van der Waals surface area contributed by atoms with Crippen LogP contribution >= 0.6 is 0 Å². The Bertz CT molecular complexity index is 1280. The topological polar surface area (TPSA) is 128 Å². The molecule has 0 aliphatic carbocycles. The second-order valence-electron chi connectivity index (χ2n) is 9.44. The molecule has 3 aromatic rings. The summed E-state index contributed by atoms with van der Waals surface area (Å²) in [5.41, 5.74) is 0.188. The number of esters is 1. The number of hydrogen-bond acceptors (Lipinski definition) is 6. The van der Waals surface area contributed by atoms with E-state index in [2.05, 4.69) is 10.6 Å². The number of benzene rings is 3. The Labute approximate surface area is 209 Å². The molecule has 0 saturated heterocycles. The number of carbonyl (C=O) groups is 3. The smallest absolute Gasteiger partial charge is 0.328 e. The summed E-state index contributed by atoms with van der Waals surface area (Å²) >= 11 is 0. The van der Waals surface area contributed by atoms with Gasteiger partial charge in [0.15, 0.2) is 0 Å². The monoisotopic (exact) mass is 491 g/mol. The molecule has 9 heteroatoms. The van der Waals surface area contributed by atoms with Crippen LogP contribution in [0.4, 0.5) is 5.69 Å². The van der Waals surface area contributed by atoms with Gasteiger partial charge in [0.25, 0.3) is 11.6 Å². The Morgan fingerprint density at radius 2 is 1.58 bits per heavy atom. The van der Waals surface area contributed by atoms with Crippen LogP contribution < -0.4 is 10.6 Å². The quantitative estimate of drug-likeness (QED) is 0.279. The third kappa shape index (κ3) is 6.88. The van der Waals surface area contributed by atoms with Crippen LogP contribution in [0.15, 0.2) is 66.7 Å². The first-order chi connectivity index (χ1) is 16.9. The first-order valence-electron chi connectivity index (χ1n) is 11.5. The predicted octanol–water partition coefficient (Wildman–Crippen LogP) is 3.94. The van der Waals surface area contributed by atoms with Crippen LogP contribution in [0, 0.1) is 10.1 Å². The fourth-order valence-electron chi connectivity index (χ4n) is 3.62. The second kappa shape index (κ2) is 11.0. The van der Waals surface area contributed by atoms with Gasteiger partial charge in [-0.15, -0.1) is 0 Å². The van der Waals surface area contributed by atoms with E-state index in [-0.39, 0.29) is 12.1 Å². The summed E-state index contributed by atoms with van der Waals surface area (Å²) in [6, 6.07) is 16.4. The summed E-state index contributed by atoms with van der Waals surface area (Å²) in [4.78, 5) is 49.3. The number of amides is 2. The highest BCUT2D eigenvalue weighted by molar-refractivity contribution is 6.08. The summed E-state index contributed by atoms with van der Waals surface area (Å²) < 4.78 is 5.33. The van der Waals surface area contributed by atoms with Crippen molar-refractivity contribution in [2.75, 3.05) is 0 Å². The second-order valence-corrected chi connectivity index (χ2v) is 9.44. The molecule has 188 valence electrons. The van der Waals surface area contributed by atoms with Gasteiger partial charge in [0.2, 0.25) is 5.91 Å². The van der Waals surface area contributed by atoms with Crippen molar-refractivity contribution in [3.63, 3.8) is 0 Å². The molecule has 2 N–H and O–H groups in total. The molecule has 0 radical (unpaired) electrons. The van der Waals surface area contributed by atoms with Crippen molar-refractivity contribution in [2.45, 2.75) is 51.8 Å². The van der Waals surface area contributed by atoms with Crippen molar-refractivity contribution < 1.29 is 24.0 Å². The summed E-state index contributed by atoms with van der Waals surface area (Å²) in [7, 11) is 0. The Kier molecular flexibility index (Phi) is 8.03. The molecule has 3 aromatic carbocycles. The van der Waals surface area contributed by atoms with E-state index in [0.717, 1.165) is 10.8 Å². The maximum absolute atomic E-state index is 13.2. The highest BCUT2D eigenvalue weighted by Gasteiger charge is 2.28. The molecule has 0 unspecified atom stereocenters. The van der Waals surface area contributed by atoms with Gasteiger partial charge in [0.05, 0.1) is 4.92 Å². The molecule has 0 heterocycles.